The number of esters is 1. The van der Waals surface area contributed by atoms with Gasteiger partial charge < -0.3 is 9.47 Å². The number of anilines is 1. The van der Waals surface area contributed by atoms with Gasteiger partial charge in [0.15, 0.2) is 0 Å². The SMILES string of the molecule is CC(=O)OC[C@@]12C=C[C@H](O1)[C@@H]1C(=O)N(c3ccccc3C)C(=O)[C@@H]12. The van der Waals surface area contributed by atoms with Gasteiger partial charge in [0.1, 0.15) is 12.2 Å². The van der Waals surface area contributed by atoms with Crippen molar-refractivity contribution in [2.75, 3.05) is 11.5 Å². The number of hydrogen-bond acceptors (Lipinski definition) is 5. The highest BCUT2D eigenvalue weighted by Crippen LogP contribution is 2.52. The third-order valence-corrected chi connectivity index (χ3v) is 5.01. The van der Waals surface area contributed by atoms with Crippen LogP contribution in [0.1, 0.15) is 12.5 Å². The first kappa shape index (κ1) is 15.1. The van der Waals surface area contributed by atoms with Gasteiger partial charge in [-0.15, -0.1) is 0 Å². The lowest BCUT2D eigenvalue weighted by atomic mass is 9.77. The topological polar surface area (TPSA) is 72.9 Å². The third kappa shape index (κ3) is 1.89. The molecule has 2 amide bonds. The number of carbonyl (C=O) groups excluding carboxylic acids is 3. The Balaban J connectivity index is 1.72. The van der Waals surface area contributed by atoms with Crippen LogP contribution >= 0.6 is 0 Å². The van der Waals surface area contributed by atoms with E-state index in [1.54, 1.807) is 24.3 Å². The second-order valence-electron chi connectivity index (χ2n) is 6.48. The van der Waals surface area contributed by atoms with Gasteiger partial charge in [0.25, 0.3) is 0 Å². The lowest BCUT2D eigenvalue weighted by molar-refractivity contribution is -0.150. The molecule has 6 heteroatoms. The van der Waals surface area contributed by atoms with E-state index in [2.05, 4.69) is 0 Å². The van der Waals surface area contributed by atoms with Crippen molar-refractivity contribution in [2.45, 2.75) is 25.6 Å². The smallest absolute Gasteiger partial charge is 0.302 e. The molecule has 0 saturated carbocycles. The summed E-state index contributed by atoms with van der Waals surface area (Å²) in [5.74, 6) is -2.20. The average molecular weight is 327 g/mol. The van der Waals surface area contributed by atoms with Crippen molar-refractivity contribution in [2.24, 2.45) is 11.8 Å². The predicted molar refractivity (Wildman–Crippen MR) is 84.0 cm³/mol. The van der Waals surface area contributed by atoms with Gasteiger partial charge in [-0.25, -0.2) is 4.90 Å². The number of hydrogen-bond donors (Lipinski definition) is 0. The molecule has 2 bridgehead atoms. The fourth-order valence-corrected chi connectivity index (χ4v) is 3.93. The Hall–Kier alpha value is -2.47. The van der Waals surface area contributed by atoms with Crippen LogP contribution in [0.3, 0.4) is 0 Å². The Bertz CT molecular complexity index is 785. The minimum absolute atomic E-state index is 0.0584. The Morgan fingerprint density at radius 1 is 1.29 bits per heavy atom. The zero-order valence-corrected chi connectivity index (χ0v) is 13.4. The molecule has 2 fully saturated rings. The zero-order valence-electron chi connectivity index (χ0n) is 13.4. The fraction of sp³-hybridized carbons (Fsp3) is 0.389. The van der Waals surface area contributed by atoms with E-state index < -0.39 is 29.5 Å². The average Bonchev–Trinajstić information content (AvgIpc) is 3.18. The number of rotatable bonds is 3. The van der Waals surface area contributed by atoms with Crippen LogP contribution in [0.5, 0.6) is 0 Å². The molecule has 124 valence electrons. The number of ether oxygens (including phenoxy) is 2. The number of aryl methyl sites for hydroxylation is 1. The van der Waals surface area contributed by atoms with Crippen LogP contribution < -0.4 is 4.90 Å². The summed E-state index contributed by atoms with van der Waals surface area (Å²) in [5, 5.41) is 0. The van der Waals surface area contributed by atoms with Gasteiger partial charge in [-0.05, 0) is 24.6 Å². The molecule has 0 aliphatic carbocycles. The van der Waals surface area contributed by atoms with Crippen molar-refractivity contribution in [3.05, 3.63) is 42.0 Å². The van der Waals surface area contributed by atoms with Crippen molar-refractivity contribution in [1.29, 1.82) is 0 Å². The predicted octanol–water partition coefficient (Wildman–Crippen LogP) is 1.37. The molecule has 4 atom stereocenters. The molecule has 4 rings (SSSR count). The summed E-state index contributed by atoms with van der Waals surface area (Å²) < 4.78 is 11.0. The van der Waals surface area contributed by atoms with Crippen LogP contribution in [0.4, 0.5) is 5.69 Å². The normalized spacial score (nSPS) is 33.2. The molecule has 6 nitrogen and oxygen atoms in total. The van der Waals surface area contributed by atoms with Crippen LogP contribution in [0.2, 0.25) is 0 Å². The maximum Gasteiger partial charge on any atom is 0.302 e. The third-order valence-electron chi connectivity index (χ3n) is 5.01. The summed E-state index contributed by atoms with van der Waals surface area (Å²) >= 11 is 0. The summed E-state index contributed by atoms with van der Waals surface area (Å²) in [6.07, 6.45) is 3.10. The first-order valence-corrected chi connectivity index (χ1v) is 7.88. The second-order valence-corrected chi connectivity index (χ2v) is 6.48. The van der Waals surface area contributed by atoms with Gasteiger partial charge in [-0.1, -0.05) is 24.3 Å². The first-order chi connectivity index (χ1) is 11.4. The molecule has 1 aromatic carbocycles. The second kappa shape index (κ2) is 5.01. The van der Waals surface area contributed by atoms with Gasteiger partial charge in [-0.2, -0.15) is 0 Å². The summed E-state index contributed by atoms with van der Waals surface area (Å²) in [6, 6.07) is 7.29. The van der Waals surface area contributed by atoms with E-state index in [-0.39, 0.29) is 18.4 Å². The molecule has 2 saturated heterocycles. The summed E-state index contributed by atoms with van der Waals surface area (Å²) in [5.41, 5.74) is 0.420. The maximum atomic E-state index is 13.0. The lowest BCUT2D eigenvalue weighted by Gasteiger charge is -2.28. The van der Waals surface area contributed by atoms with Crippen LogP contribution in [0.25, 0.3) is 0 Å². The summed E-state index contributed by atoms with van der Waals surface area (Å²) in [7, 11) is 0. The first-order valence-electron chi connectivity index (χ1n) is 7.88. The molecule has 0 N–H and O–H groups in total. The molecule has 0 aromatic heterocycles. The lowest BCUT2D eigenvalue weighted by Crippen LogP contribution is -2.44. The molecule has 3 aliphatic rings. The highest BCUT2D eigenvalue weighted by atomic mass is 16.6. The van der Waals surface area contributed by atoms with E-state index in [0.29, 0.717) is 5.69 Å². The number of para-hydroxylation sites is 1. The number of fused-ring (bicyclic) bond motifs is 5. The van der Waals surface area contributed by atoms with E-state index in [0.717, 1.165) is 5.56 Å². The standard InChI is InChI=1S/C18H17NO5/c1-10-5-3-4-6-12(10)19-16(21)14-13-7-8-18(24-13,9-23-11(2)20)15(14)17(19)22/h3-8,13-15H,9H2,1-2H3/t13-,14-,15+,18+/m0/s1. The van der Waals surface area contributed by atoms with Crippen molar-refractivity contribution in [1.82, 2.24) is 0 Å². The van der Waals surface area contributed by atoms with E-state index >= 15 is 0 Å². The minimum atomic E-state index is -1.04. The summed E-state index contributed by atoms with van der Waals surface area (Å²) in [6.45, 7) is 3.11. The Morgan fingerprint density at radius 3 is 2.75 bits per heavy atom. The molecule has 1 aromatic rings. The quantitative estimate of drug-likeness (QED) is 0.476. The van der Waals surface area contributed by atoms with Crippen LogP contribution in [0.15, 0.2) is 36.4 Å². The van der Waals surface area contributed by atoms with Crippen LogP contribution in [-0.2, 0) is 23.9 Å². The summed E-state index contributed by atoms with van der Waals surface area (Å²) in [4.78, 5) is 38.4. The molecule has 3 heterocycles. The van der Waals surface area contributed by atoms with Gasteiger partial charge >= 0.3 is 5.97 Å². The Labute approximate surface area is 139 Å². The molecule has 3 aliphatic heterocycles. The highest BCUT2D eigenvalue weighted by molar-refractivity contribution is 6.23. The molecule has 0 unspecified atom stereocenters. The van der Waals surface area contributed by atoms with Gasteiger partial charge in [0.05, 0.1) is 23.6 Å². The molecular formula is C18H17NO5. The highest BCUT2D eigenvalue weighted by Gasteiger charge is 2.68. The largest absolute Gasteiger partial charge is 0.462 e. The Kier molecular flexibility index (Phi) is 3.15. The molecular weight excluding hydrogens is 310 g/mol. The number of benzene rings is 1. The van der Waals surface area contributed by atoms with Crippen molar-refractivity contribution in [3.63, 3.8) is 0 Å². The Morgan fingerprint density at radius 2 is 2.04 bits per heavy atom. The van der Waals surface area contributed by atoms with Gasteiger partial charge in [-0.3, -0.25) is 14.4 Å². The number of nitrogens with zero attached hydrogens (tertiary/aromatic N) is 1. The number of carbonyl (C=O) groups is 3. The van der Waals surface area contributed by atoms with Gasteiger partial charge in [0, 0.05) is 6.92 Å². The van der Waals surface area contributed by atoms with E-state index in [1.807, 2.05) is 19.1 Å². The zero-order chi connectivity index (χ0) is 17.1. The van der Waals surface area contributed by atoms with E-state index in [1.165, 1.54) is 11.8 Å². The van der Waals surface area contributed by atoms with Gasteiger partial charge in [0.2, 0.25) is 11.8 Å². The minimum Gasteiger partial charge on any atom is -0.462 e. The molecule has 24 heavy (non-hydrogen) atoms. The fourth-order valence-electron chi connectivity index (χ4n) is 3.93. The van der Waals surface area contributed by atoms with E-state index in [4.69, 9.17) is 9.47 Å². The number of amides is 2. The van der Waals surface area contributed by atoms with Crippen molar-refractivity contribution >= 4 is 23.5 Å². The van der Waals surface area contributed by atoms with E-state index in [9.17, 15) is 14.4 Å². The van der Waals surface area contributed by atoms with Crippen molar-refractivity contribution < 1.29 is 23.9 Å². The monoisotopic (exact) mass is 327 g/mol. The maximum absolute atomic E-state index is 13.0. The molecule has 0 spiro atoms. The van der Waals surface area contributed by atoms with Crippen LogP contribution in [0, 0.1) is 18.8 Å². The number of imide groups is 1. The van der Waals surface area contributed by atoms with Crippen molar-refractivity contribution in [3.8, 4) is 0 Å². The van der Waals surface area contributed by atoms with Crippen LogP contribution in [-0.4, -0.2) is 36.1 Å². The molecule has 0 radical (unpaired) electrons.